The minimum Gasteiger partial charge on any atom is -0.287 e. The van der Waals surface area contributed by atoms with Crippen molar-refractivity contribution in [1.29, 1.82) is 0 Å². The van der Waals surface area contributed by atoms with Crippen molar-refractivity contribution in [2.24, 2.45) is 0 Å². The summed E-state index contributed by atoms with van der Waals surface area (Å²) < 4.78 is 343. The van der Waals surface area contributed by atoms with Crippen molar-refractivity contribution in [2.45, 2.75) is 62.9 Å². The molecular formula is C45H25BF24N2O. The summed E-state index contributed by atoms with van der Waals surface area (Å²) in [7, 11) is 0. The van der Waals surface area contributed by atoms with Crippen LogP contribution in [0.2, 0.25) is 0 Å². The standard InChI is InChI=1S/C32H12BF24.C13H13N2O/c34-25(35,36)13-1-14(26(37,38)39)6-21(5-13)33(22-7-15(27(40,41)42)2-16(8-22)28(43,44)45,23-9-17(29(46,47)48)3-18(10-23)30(49,50)51)24-11-19(31(52,53)54)4-20(12-24)32(55,56)57;1-11-9-15(8-7-14-11)10-13(16)12-5-3-2-4-6-12/h1-12H;2-9H,10H2,1H3/q-1;+1. The molecule has 0 fully saturated rings. The van der Waals surface area contributed by atoms with Crippen molar-refractivity contribution in [3.63, 3.8) is 0 Å². The monoisotopic (exact) mass is 1080 g/mol. The quantitative estimate of drug-likeness (QED) is 0.0691. The Bertz CT molecular complexity index is 2520. The zero-order valence-electron chi connectivity index (χ0n) is 35.7. The van der Waals surface area contributed by atoms with E-state index in [9.17, 15) is 110 Å². The van der Waals surface area contributed by atoms with Crippen molar-refractivity contribution in [2.75, 3.05) is 0 Å². The number of benzene rings is 5. The minimum atomic E-state index is -6.13. The second-order valence-electron chi connectivity index (χ2n) is 15.9. The summed E-state index contributed by atoms with van der Waals surface area (Å²) in [5.74, 6) is 0.108. The van der Waals surface area contributed by atoms with Crippen LogP contribution in [0.5, 0.6) is 0 Å². The summed E-state index contributed by atoms with van der Waals surface area (Å²) in [4.78, 5) is 16.0. The van der Waals surface area contributed by atoms with Crippen LogP contribution < -0.4 is 26.4 Å². The molecule has 0 amide bonds. The first-order valence-corrected chi connectivity index (χ1v) is 19.8. The van der Waals surface area contributed by atoms with Gasteiger partial charge in [0.1, 0.15) is 11.8 Å². The third-order valence-corrected chi connectivity index (χ3v) is 10.8. The molecule has 6 rings (SSSR count). The lowest BCUT2D eigenvalue weighted by atomic mass is 9.12. The number of aryl methyl sites for hydroxylation is 1. The maximum absolute atomic E-state index is 14.2. The molecule has 0 saturated carbocycles. The largest absolute Gasteiger partial charge is 0.416 e. The van der Waals surface area contributed by atoms with Crippen molar-refractivity contribution in [3.05, 3.63) is 177 Å². The normalized spacial score (nSPS) is 13.4. The first kappa shape index (κ1) is 57.1. The van der Waals surface area contributed by atoms with E-state index in [1.807, 2.05) is 48.0 Å². The van der Waals surface area contributed by atoms with E-state index in [2.05, 4.69) is 4.98 Å². The molecule has 0 radical (unpaired) electrons. The fraction of sp³-hybridized carbons (Fsp3) is 0.222. The molecule has 0 N–H and O–H groups in total. The van der Waals surface area contributed by atoms with Crippen LogP contribution in [0.25, 0.3) is 0 Å². The van der Waals surface area contributed by atoms with Crippen molar-refractivity contribution in [1.82, 2.24) is 4.98 Å². The number of halogens is 24. The molecule has 392 valence electrons. The second-order valence-corrected chi connectivity index (χ2v) is 15.9. The van der Waals surface area contributed by atoms with E-state index in [4.69, 9.17) is 0 Å². The van der Waals surface area contributed by atoms with E-state index in [1.165, 1.54) is 0 Å². The SMILES string of the molecule is Cc1c[n+](CC(=O)c2ccccc2)ccn1.FC(F)(F)c1cc([B-](c2cc(C(F)(F)F)cc(C(F)(F)F)c2)(c2cc(C(F)(F)F)cc(C(F)(F)F)c2)c2cc(C(F)(F)F)cc(C(F)(F)F)c2)cc(C(F)(F)F)c1. The van der Waals surface area contributed by atoms with Crippen LogP contribution >= 0.6 is 0 Å². The molecule has 28 heteroatoms. The summed E-state index contributed by atoms with van der Waals surface area (Å²) in [5.41, 5.74) is -28.6. The summed E-state index contributed by atoms with van der Waals surface area (Å²) in [6, 6.07) is 0.495. The molecule has 0 spiro atoms. The highest BCUT2D eigenvalue weighted by atomic mass is 19.4. The number of ketones is 1. The van der Waals surface area contributed by atoms with Crippen LogP contribution in [-0.4, -0.2) is 16.9 Å². The van der Waals surface area contributed by atoms with Crippen molar-refractivity contribution >= 4 is 33.8 Å². The molecule has 3 nitrogen and oxygen atoms in total. The summed E-state index contributed by atoms with van der Waals surface area (Å²) in [6.07, 6.45) is -49.4. The Morgan fingerprint density at radius 1 is 0.411 bits per heavy atom. The van der Waals surface area contributed by atoms with Crippen molar-refractivity contribution < 1.29 is 115 Å². The van der Waals surface area contributed by atoms with Gasteiger partial charge in [-0.3, -0.25) is 4.79 Å². The lowest BCUT2D eigenvalue weighted by Crippen LogP contribution is -2.75. The average Bonchev–Trinajstić information content (AvgIpc) is 3.24. The molecule has 0 saturated heterocycles. The molecule has 6 aromatic rings. The van der Waals surface area contributed by atoms with Gasteiger partial charge in [-0.1, -0.05) is 78.9 Å². The van der Waals surface area contributed by atoms with Gasteiger partial charge in [0.15, 0.2) is 12.4 Å². The number of rotatable bonds is 7. The summed E-state index contributed by atoms with van der Waals surface area (Å²) >= 11 is 0. The zero-order valence-corrected chi connectivity index (χ0v) is 35.7. The number of nitrogens with zero attached hydrogens (tertiary/aromatic N) is 2. The first-order valence-electron chi connectivity index (χ1n) is 19.8. The zero-order chi connectivity index (χ0) is 55.3. The molecule has 0 aliphatic heterocycles. The topological polar surface area (TPSA) is 33.8 Å². The van der Waals surface area contributed by atoms with Gasteiger partial charge in [-0.25, -0.2) is 4.98 Å². The van der Waals surface area contributed by atoms with Gasteiger partial charge in [0.05, 0.1) is 50.7 Å². The van der Waals surface area contributed by atoms with Crippen LogP contribution in [0, 0.1) is 6.92 Å². The second kappa shape index (κ2) is 19.6. The van der Waals surface area contributed by atoms with E-state index in [1.54, 1.807) is 12.4 Å². The number of carbonyl (C=O) groups is 1. The maximum Gasteiger partial charge on any atom is 0.416 e. The van der Waals surface area contributed by atoms with Crippen LogP contribution in [0.3, 0.4) is 0 Å². The minimum absolute atomic E-state index is 0.108. The number of Topliss-reactive ketones (excluding diaryl/α,β-unsaturated/α-hetero) is 1. The lowest BCUT2D eigenvalue weighted by Gasteiger charge is -2.46. The van der Waals surface area contributed by atoms with Crippen LogP contribution in [-0.2, 0) is 56.0 Å². The van der Waals surface area contributed by atoms with Gasteiger partial charge >= 0.3 is 49.4 Å². The van der Waals surface area contributed by atoms with Crippen LogP contribution in [0.15, 0.2) is 122 Å². The van der Waals surface area contributed by atoms with Gasteiger partial charge < -0.3 is 0 Å². The highest BCUT2D eigenvalue weighted by Crippen LogP contribution is 2.41. The molecule has 5 aromatic carbocycles. The molecular weight excluding hydrogens is 1050 g/mol. The molecule has 0 unspecified atom stereocenters. The van der Waals surface area contributed by atoms with Gasteiger partial charge in [-0.2, -0.15) is 132 Å². The number of hydrogen-bond donors (Lipinski definition) is 0. The number of alkyl halides is 24. The summed E-state index contributed by atoms with van der Waals surface area (Å²) in [5, 5.41) is 0. The first-order chi connectivity index (χ1) is 33.0. The van der Waals surface area contributed by atoms with Crippen LogP contribution in [0.4, 0.5) is 105 Å². The number of aromatic nitrogens is 2. The highest BCUT2D eigenvalue weighted by molar-refractivity contribution is 7.20. The molecule has 0 aliphatic carbocycles. The number of hydrogen-bond acceptors (Lipinski definition) is 2. The van der Waals surface area contributed by atoms with Gasteiger partial charge in [-0.15, -0.1) is 0 Å². The van der Waals surface area contributed by atoms with Gasteiger partial charge in [-0.05, 0) is 31.2 Å². The Morgan fingerprint density at radius 2 is 0.658 bits per heavy atom. The Balaban J connectivity index is 0.000000520. The molecule has 0 bridgehead atoms. The Kier molecular flexibility index (Phi) is 15.3. The molecule has 0 aliphatic rings. The maximum atomic E-state index is 14.2. The Hall–Kier alpha value is -6.77. The van der Waals surface area contributed by atoms with Gasteiger partial charge in [0.2, 0.25) is 12.3 Å². The molecule has 1 aromatic heterocycles. The van der Waals surface area contributed by atoms with E-state index in [0.717, 1.165) is 11.3 Å². The number of carbonyl (C=O) groups excluding carboxylic acids is 1. The Labute approximate surface area is 393 Å². The molecule has 0 atom stereocenters. The third kappa shape index (κ3) is 13.5. The van der Waals surface area contributed by atoms with E-state index >= 15 is 0 Å². The van der Waals surface area contributed by atoms with E-state index < -0.39 is 195 Å². The average molecular weight is 1080 g/mol. The summed E-state index contributed by atoms with van der Waals surface area (Å²) in [6.45, 7) is 2.26. The molecule has 73 heavy (non-hydrogen) atoms. The lowest BCUT2D eigenvalue weighted by molar-refractivity contribution is -0.684. The van der Waals surface area contributed by atoms with E-state index in [-0.39, 0.29) is 5.78 Å². The highest BCUT2D eigenvalue weighted by Gasteiger charge is 2.47. The molecule has 1 heterocycles. The fourth-order valence-corrected chi connectivity index (χ4v) is 7.60. The predicted molar refractivity (Wildman–Crippen MR) is 210 cm³/mol. The fourth-order valence-electron chi connectivity index (χ4n) is 7.60. The van der Waals surface area contributed by atoms with Gasteiger partial charge in [0, 0.05) is 5.56 Å². The Morgan fingerprint density at radius 3 is 0.877 bits per heavy atom. The van der Waals surface area contributed by atoms with Gasteiger partial charge in [0.25, 0.3) is 0 Å². The van der Waals surface area contributed by atoms with Crippen molar-refractivity contribution in [3.8, 4) is 0 Å². The third-order valence-electron chi connectivity index (χ3n) is 10.8. The smallest absolute Gasteiger partial charge is 0.287 e. The van der Waals surface area contributed by atoms with E-state index in [0.29, 0.717) is 6.54 Å². The predicted octanol–water partition coefficient (Wildman–Crippen LogP) is 12.8. The van der Waals surface area contributed by atoms with Crippen LogP contribution in [0.1, 0.15) is 60.6 Å².